The summed E-state index contributed by atoms with van der Waals surface area (Å²) in [7, 11) is 0. The van der Waals surface area contributed by atoms with Crippen molar-refractivity contribution in [2.75, 3.05) is 5.32 Å². The van der Waals surface area contributed by atoms with Crippen LogP contribution in [0.3, 0.4) is 0 Å². The normalized spacial score (nSPS) is 11.3. The van der Waals surface area contributed by atoms with E-state index in [4.69, 9.17) is 32.0 Å². The predicted molar refractivity (Wildman–Crippen MR) is 131 cm³/mol. The number of amides is 1. The molecule has 5 aromatic rings. The number of fused-ring (bicyclic) bond motifs is 1. The molecule has 0 saturated carbocycles. The first-order valence-corrected chi connectivity index (χ1v) is 10.8. The van der Waals surface area contributed by atoms with Gasteiger partial charge in [0.2, 0.25) is 11.8 Å². The second kappa shape index (κ2) is 8.98. The number of carbonyl (C=O) groups excluding carboxylic acids is 1. The van der Waals surface area contributed by atoms with Crippen LogP contribution in [0.4, 0.5) is 5.69 Å². The predicted octanol–water partition coefficient (Wildman–Crippen LogP) is 7.71. The zero-order valence-electron chi connectivity index (χ0n) is 17.1. The molecule has 0 aliphatic rings. The summed E-state index contributed by atoms with van der Waals surface area (Å²) in [5.41, 5.74) is 3.70. The number of anilines is 1. The molecule has 2 heterocycles. The lowest BCUT2D eigenvalue weighted by atomic mass is 10.2. The van der Waals surface area contributed by atoms with Gasteiger partial charge in [-0.2, -0.15) is 0 Å². The van der Waals surface area contributed by atoms with Crippen LogP contribution < -0.4 is 5.32 Å². The third-order valence-corrected chi connectivity index (χ3v) is 5.39. The number of hydrogen-bond acceptors (Lipinski definition) is 4. The molecule has 1 amide bonds. The van der Waals surface area contributed by atoms with Gasteiger partial charge in [0.1, 0.15) is 17.0 Å². The third kappa shape index (κ3) is 4.85. The van der Waals surface area contributed by atoms with Crippen molar-refractivity contribution in [2.45, 2.75) is 0 Å². The molecule has 0 radical (unpaired) electrons. The summed E-state index contributed by atoms with van der Waals surface area (Å²) in [6.45, 7) is 0. The minimum absolute atomic E-state index is 0.274. The van der Waals surface area contributed by atoms with Crippen LogP contribution in [0.1, 0.15) is 5.76 Å². The highest BCUT2D eigenvalue weighted by Crippen LogP contribution is 2.27. The maximum atomic E-state index is 12.3. The SMILES string of the molecule is O=C(C=Cc1ccc(-c2ccc(Cl)cc2)o1)Nc1ccc(-c2nc3cc(Cl)ccc3o2)cc1. The molecule has 0 unspecified atom stereocenters. The Morgan fingerprint density at radius 3 is 2.33 bits per heavy atom. The van der Waals surface area contributed by atoms with Gasteiger partial charge in [-0.05, 0) is 84.9 Å². The fraction of sp³-hybridized carbons (Fsp3) is 0. The summed E-state index contributed by atoms with van der Waals surface area (Å²) < 4.78 is 11.5. The maximum Gasteiger partial charge on any atom is 0.248 e. The van der Waals surface area contributed by atoms with Gasteiger partial charge in [-0.15, -0.1) is 0 Å². The average Bonchev–Trinajstić information content (AvgIpc) is 3.46. The van der Waals surface area contributed by atoms with E-state index in [-0.39, 0.29) is 5.91 Å². The first kappa shape index (κ1) is 21.1. The van der Waals surface area contributed by atoms with E-state index in [1.54, 1.807) is 54.6 Å². The average molecular weight is 475 g/mol. The van der Waals surface area contributed by atoms with Crippen LogP contribution in [0.2, 0.25) is 10.0 Å². The molecule has 0 bridgehead atoms. The molecule has 0 atom stereocenters. The lowest BCUT2D eigenvalue weighted by molar-refractivity contribution is -0.111. The Bertz CT molecular complexity index is 1470. The maximum absolute atomic E-state index is 12.3. The van der Waals surface area contributed by atoms with Crippen molar-refractivity contribution in [3.8, 4) is 22.8 Å². The molecular weight excluding hydrogens is 459 g/mol. The Balaban J connectivity index is 1.23. The van der Waals surface area contributed by atoms with Crippen molar-refractivity contribution in [1.29, 1.82) is 0 Å². The van der Waals surface area contributed by atoms with Gasteiger partial charge in [0.05, 0.1) is 0 Å². The van der Waals surface area contributed by atoms with Crippen LogP contribution in [0, 0.1) is 0 Å². The van der Waals surface area contributed by atoms with E-state index >= 15 is 0 Å². The van der Waals surface area contributed by atoms with Gasteiger partial charge in [0.15, 0.2) is 5.58 Å². The number of oxazole rings is 1. The van der Waals surface area contributed by atoms with Crippen LogP contribution in [0.5, 0.6) is 0 Å². The molecule has 1 N–H and O–H groups in total. The molecule has 7 heteroatoms. The zero-order valence-corrected chi connectivity index (χ0v) is 18.6. The van der Waals surface area contributed by atoms with Gasteiger partial charge >= 0.3 is 0 Å². The first-order valence-electron chi connectivity index (χ1n) is 10.0. The van der Waals surface area contributed by atoms with Gasteiger partial charge in [-0.1, -0.05) is 23.2 Å². The summed E-state index contributed by atoms with van der Waals surface area (Å²) in [4.78, 5) is 16.8. The van der Waals surface area contributed by atoms with Crippen LogP contribution >= 0.6 is 23.2 Å². The van der Waals surface area contributed by atoms with E-state index in [0.717, 1.165) is 11.1 Å². The summed E-state index contributed by atoms with van der Waals surface area (Å²) in [6, 6.07) is 23.5. The van der Waals surface area contributed by atoms with Crippen LogP contribution in [0.15, 0.2) is 93.8 Å². The quantitative estimate of drug-likeness (QED) is 0.264. The number of nitrogens with zero attached hydrogens (tertiary/aromatic N) is 1. The van der Waals surface area contributed by atoms with Gasteiger partial charge in [-0.25, -0.2) is 4.98 Å². The monoisotopic (exact) mass is 474 g/mol. The molecule has 5 nitrogen and oxygen atoms in total. The molecule has 33 heavy (non-hydrogen) atoms. The molecular formula is C26H16Cl2N2O3. The number of rotatable bonds is 5. The highest BCUT2D eigenvalue weighted by Gasteiger charge is 2.09. The first-order chi connectivity index (χ1) is 16.0. The summed E-state index contributed by atoms with van der Waals surface area (Å²) in [5, 5.41) is 4.08. The minimum atomic E-state index is -0.274. The van der Waals surface area contributed by atoms with E-state index in [0.29, 0.717) is 44.2 Å². The van der Waals surface area contributed by atoms with E-state index in [9.17, 15) is 4.79 Å². The third-order valence-electron chi connectivity index (χ3n) is 4.90. The number of benzene rings is 3. The van der Waals surface area contributed by atoms with Crippen molar-refractivity contribution < 1.29 is 13.6 Å². The highest BCUT2D eigenvalue weighted by atomic mass is 35.5. The van der Waals surface area contributed by atoms with Gasteiger partial charge < -0.3 is 14.2 Å². The Morgan fingerprint density at radius 1 is 0.818 bits per heavy atom. The van der Waals surface area contributed by atoms with Crippen LogP contribution in [-0.4, -0.2) is 10.9 Å². The number of hydrogen-bond donors (Lipinski definition) is 1. The zero-order chi connectivity index (χ0) is 22.8. The topological polar surface area (TPSA) is 68.3 Å². The van der Waals surface area contributed by atoms with Crippen LogP contribution in [0.25, 0.3) is 40.0 Å². The summed E-state index contributed by atoms with van der Waals surface area (Å²) in [6.07, 6.45) is 3.04. The number of nitrogens with one attached hydrogen (secondary N) is 1. The van der Waals surface area contributed by atoms with Crippen molar-refractivity contribution >= 4 is 52.0 Å². The minimum Gasteiger partial charge on any atom is -0.457 e. The Morgan fingerprint density at radius 2 is 1.55 bits per heavy atom. The van der Waals surface area contributed by atoms with Crippen LogP contribution in [-0.2, 0) is 4.79 Å². The van der Waals surface area contributed by atoms with E-state index in [1.165, 1.54) is 6.08 Å². The standard InChI is InChI=1S/C26H16Cl2N2O3/c27-18-5-1-16(2-6-18)23-13-10-21(32-23)11-14-25(31)29-20-8-3-17(4-9-20)26-30-22-15-19(28)7-12-24(22)33-26/h1-15H,(H,29,31). The van der Waals surface area contributed by atoms with Gasteiger partial charge in [-0.3, -0.25) is 4.79 Å². The van der Waals surface area contributed by atoms with E-state index < -0.39 is 0 Å². The fourth-order valence-corrected chi connectivity index (χ4v) is 3.57. The summed E-state index contributed by atoms with van der Waals surface area (Å²) >= 11 is 11.9. The van der Waals surface area contributed by atoms with E-state index in [1.807, 2.05) is 30.3 Å². The lowest BCUT2D eigenvalue weighted by Gasteiger charge is -2.02. The molecule has 0 aliphatic carbocycles. The van der Waals surface area contributed by atoms with Crippen molar-refractivity contribution in [1.82, 2.24) is 4.98 Å². The molecule has 0 aliphatic heterocycles. The van der Waals surface area contributed by atoms with Crippen molar-refractivity contribution in [3.05, 3.63) is 101 Å². The molecule has 5 rings (SSSR count). The molecule has 0 fully saturated rings. The molecule has 0 spiro atoms. The largest absolute Gasteiger partial charge is 0.457 e. The Labute approximate surface area is 199 Å². The molecule has 0 saturated heterocycles. The molecule has 3 aromatic carbocycles. The Hall–Kier alpha value is -3.80. The van der Waals surface area contributed by atoms with Gasteiger partial charge in [0.25, 0.3) is 0 Å². The van der Waals surface area contributed by atoms with Crippen molar-refractivity contribution in [2.24, 2.45) is 0 Å². The van der Waals surface area contributed by atoms with Crippen molar-refractivity contribution in [3.63, 3.8) is 0 Å². The molecule has 2 aromatic heterocycles. The summed E-state index contributed by atoms with van der Waals surface area (Å²) in [5.74, 6) is 1.48. The Kier molecular flexibility index (Phi) is 5.73. The molecule has 162 valence electrons. The lowest BCUT2D eigenvalue weighted by Crippen LogP contribution is -2.07. The number of aromatic nitrogens is 1. The van der Waals surface area contributed by atoms with Gasteiger partial charge in [0, 0.05) is 32.9 Å². The number of carbonyl (C=O) groups is 1. The highest BCUT2D eigenvalue weighted by molar-refractivity contribution is 6.31. The van der Waals surface area contributed by atoms with E-state index in [2.05, 4.69) is 10.3 Å². The fourth-order valence-electron chi connectivity index (χ4n) is 3.27. The number of furan rings is 1. The number of halogens is 2. The second-order valence-electron chi connectivity index (χ2n) is 7.24. The second-order valence-corrected chi connectivity index (χ2v) is 8.11. The smallest absolute Gasteiger partial charge is 0.248 e.